The molecule has 0 amide bonds. The summed E-state index contributed by atoms with van der Waals surface area (Å²) in [6, 6.07) is 8.10. The molecule has 0 N–H and O–H groups in total. The van der Waals surface area contributed by atoms with Gasteiger partial charge in [0.1, 0.15) is 0 Å². The summed E-state index contributed by atoms with van der Waals surface area (Å²) in [6.45, 7) is 0. The second-order valence-corrected chi connectivity index (χ2v) is 4.45. The summed E-state index contributed by atoms with van der Waals surface area (Å²) in [5.41, 5.74) is 0.924. The topological polar surface area (TPSA) is 17.1 Å². The lowest BCUT2D eigenvalue weighted by Gasteiger charge is -2.02. The number of hydrogen-bond acceptors (Lipinski definition) is 2. The van der Waals surface area contributed by atoms with Crippen molar-refractivity contribution in [3.63, 3.8) is 0 Å². The molecule has 0 saturated carbocycles. The monoisotopic (exact) mass is 200 g/mol. The first kappa shape index (κ1) is 7.94. The summed E-state index contributed by atoms with van der Waals surface area (Å²) in [5.74, 6) is 0.250. The van der Waals surface area contributed by atoms with Gasteiger partial charge in [-0.25, -0.2) is 0 Å². The number of rotatable bonds is 0. The Labute approximate surface area is 85.7 Å². The molecule has 1 aromatic carbocycles. The maximum atomic E-state index is 11.7. The molecule has 0 atom stereocenters. The van der Waals surface area contributed by atoms with E-state index in [1.807, 2.05) is 24.3 Å². The predicted molar refractivity (Wildman–Crippen MR) is 59.8 cm³/mol. The Morgan fingerprint density at radius 1 is 1.21 bits per heavy atom. The molecule has 2 heteroatoms. The zero-order valence-corrected chi connectivity index (χ0v) is 8.30. The van der Waals surface area contributed by atoms with Crippen LogP contribution >= 0.6 is 11.3 Å². The quantitative estimate of drug-likeness (QED) is 0.636. The minimum atomic E-state index is 0.250. The zero-order chi connectivity index (χ0) is 9.54. The molecule has 1 aliphatic rings. The largest absolute Gasteiger partial charge is 0.294 e. The van der Waals surface area contributed by atoms with E-state index in [0.29, 0.717) is 6.42 Å². The van der Waals surface area contributed by atoms with Gasteiger partial charge in [-0.1, -0.05) is 24.3 Å². The average molecular weight is 200 g/mol. The van der Waals surface area contributed by atoms with Gasteiger partial charge in [-0.05, 0) is 12.1 Å². The maximum absolute atomic E-state index is 11.7. The van der Waals surface area contributed by atoms with Crippen LogP contribution in [0.1, 0.15) is 21.7 Å². The van der Waals surface area contributed by atoms with Crippen LogP contribution < -0.4 is 0 Å². The van der Waals surface area contributed by atoms with Gasteiger partial charge in [-0.3, -0.25) is 4.79 Å². The summed E-state index contributed by atoms with van der Waals surface area (Å²) in [7, 11) is 0. The van der Waals surface area contributed by atoms with Gasteiger partial charge >= 0.3 is 0 Å². The van der Waals surface area contributed by atoms with Crippen molar-refractivity contribution < 1.29 is 4.79 Å². The highest BCUT2D eigenvalue weighted by Crippen LogP contribution is 2.35. The van der Waals surface area contributed by atoms with Gasteiger partial charge in [-0.15, -0.1) is 11.3 Å². The van der Waals surface area contributed by atoms with Gasteiger partial charge in [0.15, 0.2) is 5.78 Å². The van der Waals surface area contributed by atoms with Crippen molar-refractivity contribution in [2.75, 3.05) is 0 Å². The number of benzene rings is 1. The van der Waals surface area contributed by atoms with Crippen LogP contribution in [0.2, 0.25) is 0 Å². The summed E-state index contributed by atoms with van der Waals surface area (Å²) < 4.78 is 1.21. The number of ketones is 1. The lowest BCUT2D eigenvalue weighted by atomic mass is 10.00. The average Bonchev–Trinajstić information content (AvgIpc) is 2.57. The lowest BCUT2D eigenvalue weighted by molar-refractivity contribution is 0.0996. The summed E-state index contributed by atoms with van der Waals surface area (Å²) in [4.78, 5) is 12.8. The normalized spacial score (nSPS) is 14.7. The number of fused-ring (bicyclic) bond motifs is 3. The van der Waals surface area contributed by atoms with E-state index in [2.05, 4.69) is 12.1 Å². The molecule has 0 bridgehead atoms. The second kappa shape index (κ2) is 2.79. The second-order valence-electron chi connectivity index (χ2n) is 3.37. The van der Waals surface area contributed by atoms with Gasteiger partial charge < -0.3 is 0 Å². The molecule has 0 aliphatic heterocycles. The molecular weight excluding hydrogens is 192 g/mol. The summed E-state index contributed by atoms with van der Waals surface area (Å²) in [6.07, 6.45) is 4.55. The van der Waals surface area contributed by atoms with Crippen LogP contribution in [0.25, 0.3) is 16.2 Å². The number of hydrogen-bond donors (Lipinski definition) is 0. The molecule has 1 aromatic heterocycles. The number of Topliss-reactive ketones (excluding diaryl/α,β-unsaturated/α-hetero) is 1. The highest BCUT2D eigenvalue weighted by Gasteiger charge is 2.18. The number of carbonyl (C=O) groups excluding carboxylic acids is 1. The van der Waals surface area contributed by atoms with E-state index in [1.54, 1.807) is 11.3 Å². The van der Waals surface area contributed by atoms with E-state index >= 15 is 0 Å². The van der Waals surface area contributed by atoms with Gasteiger partial charge in [-0.2, -0.15) is 0 Å². The Morgan fingerprint density at radius 3 is 3.00 bits per heavy atom. The molecule has 0 radical (unpaired) electrons. The Hall–Kier alpha value is -1.41. The number of thiophene rings is 1. The van der Waals surface area contributed by atoms with E-state index in [9.17, 15) is 4.79 Å². The lowest BCUT2D eigenvalue weighted by Crippen LogP contribution is -2.00. The highest BCUT2D eigenvalue weighted by atomic mass is 32.1. The third kappa shape index (κ3) is 0.976. The van der Waals surface area contributed by atoms with Crippen LogP contribution in [0, 0.1) is 0 Å². The maximum Gasteiger partial charge on any atom is 0.168 e. The SMILES string of the molecule is O=C1CC=Cc2sc3ccccc3c21. The van der Waals surface area contributed by atoms with Crippen molar-refractivity contribution in [1.29, 1.82) is 0 Å². The van der Waals surface area contributed by atoms with E-state index in [4.69, 9.17) is 0 Å². The van der Waals surface area contributed by atoms with E-state index < -0.39 is 0 Å². The molecular formula is C12H8OS. The third-order valence-corrected chi connectivity index (χ3v) is 3.61. The van der Waals surface area contributed by atoms with Crippen LogP contribution in [0.4, 0.5) is 0 Å². The molecule has 1 heterocycles. The van der Waals surface area contributed by atoms with Crippen molar-refractivity contribution in [3.05, 3.63) is 40.8 Å². The summed E-state index contributed by atoms with van der Waals surface area (Å²) in [5, 5.41) is 1.11. The van der Waals surface area contributed by atoms with Crippen LogP contribution in [-0.2, 0) is 0 Å². The Bertz CT molecular complexity index is 548. The molecule has 0 fully saturated rings. The number of allylic oxidation sites excluding steroid dienone is 1. The minimum Gasteiger partial charge on any atom is -0.294 e. The molecule has 0 unspecified atom stereocenters. The van der Waals surface area contributed by atoms with Crippen LogP contribution in [0.15, 0.2) is 30.3 Å². The van der Waals surface area contributed by atoms with Crippen LogP contribution in [-0.4, -0.2) is 5.78 Å². The molecule has 0 saturated heterocycles. The molecule has 68 valence electrons. The molecule has 1 aliphatic carbocycles. The third-order valence-electron chi connectivity index (χ3n) is 2.47. The van der Waals surface area contributed by atoms with Gasteiger partial charge in [0.2, 0.25) is 0 Å². The fraction of sp³-hybridized carbons (Fsp3) is 0.0833. The smallest absolute Gasteiger partial charge is 0.168 e. The number of carbonyl (C=O) groups is 1. The zero-order valence-electron chi connectivity index (χ0n) is 7.49. The predicted octanol–water partition coefficient (Wildman–Crippen LogP) is 3.50. The standard InChI is InChI=1S/C12H8OS/c13-9-5-3-7-11-12(9)8-4-1-2-6-10(8)14-11/h1-4,6-7H,5H2. The Morgan fingerprint density at radius 2 is 2.07 bits per heavy atom. The first-order valence-electron chi connectivity index (χ1n) is 4.57. The fourth-order valence-electron chi connectivity index (χ4n) is 1.84. The minimum absolute atomic E-state index is 0.250. The Balaban J connectivity index is 2.46. The first-order valence-corrected chi connectivity index (χ1v) is 5.39. The fourth-order valence-corrected chi connectivity index (χ4v) is 3.00. The van der Waals surface area contributed by atoms with Gasteiger partial charge in [0.25, 0.3) is 0 Å². The summed E-state index contributed by atoms with van der Waals surface area (Å²) >= 11 is 1.70. The van der Waals surface area contributed by atoms with Gasteiger partial charge in [0.05, 0.1) is 0 Å². The highest BCUT2D eigenvalue weighted by molar-refractivity contribution is 7.20. The van der Waals surface area contributed by atoms with Crippen LogP contribution in [0.5, 0.6) is 0 Å². The van der Waals surface area contributed by atoms with Crippen LogP contribution in [0.3, 0.4) is 0 Å². The van der Waals surface area contributed by atoms with Crippen molar-refractivity contribution in [3.8, 4) is 0 Å². The van der Waals surface area contributed by atoms with Crippen molar-refractivity contribution in [1.82, 2.24) is 0 Å². The molecule has 2 aromatic rings. The molecule has 1 nitrogen and oxygen atoms in total. The van der Waals surface area contributed by atoms with Crippen molar-refractivity contribution >= 4 is 33.3 Å². The van der Waals surface area contributed by atoms with E-state index in [-0.39, 0.29) is 5.78 Å². The first-order chi connectivity index (χ1) is 6.86. The van der Waals surface area contributed by atoms with E-state index in [0.717, 1.165) is 15.8 Å². The molecule has 0 spiro atoms. The van der Waals surface area contributed by atoms with E-state index in [1.165, 1.54) is 4.70 Å². The van der Waals surface area contributed by atoms with Crippen molar-refractivity contribution in [2.24, 2.45) is 0 Å². The Kier molecular flexibility index (Phi) is 1.58. The molecule has 14 heavy (non-hydrogen) atoms. The van der Waals surface area contributed by atoms with Crippen molar-refractivity contribution in [2.45, 2.75) is 6.42 Å². The van der Waals surface area contributed by atoms with Gasteiger partial charge in [0, 0.05) is 26.9 Å². The molecule has 3 rings (SSSR count).